The van der Waals surface area contributed by atoms with Crippen LogP contribution in [-0.4, -0.2) is 24.5 Å². The van der Waals surface area contributed by atoms with Gasteiger partial charge in [0.2, 0.25) is 5.91 Å². The number of nitrogens with one attached hydrogen (secondary N) is 1. The van der Waals surface area contributed by atoms with Crippen LogP contribution in [-0.2, 0) is 4.79 Å². The summed E-state index contributed by atoms with van der Waals surface area (Å²) in [7, 11) is 1.39. The van der Waals surface area contributed by atoms with Gasteiger partial charge in [0.15, 0.2) is 11.6 Å². The van der Waals surface area contributed by atoms with Crippen LogP contribution in [0, 0.1) is 11.6 Å². The second-order valence-electron chi connectivity index (χ2n) is 5.13. The van der Waals surface area contributed by atoms with Gasteiger partial charge >= 0.3 is 0 Å². The van der Waals surface area contributed by atoms with E-state index in [4.69, 9.17) is 4.74 Å². The summed E-state index contributed by atoms with van der Waals surface area (Å²) < 4.78 is 31.3. The van der Waals surface area contributed by atoms with Crippen molar-refractivity contribution in [3.63, 3.8) is 0 Å². The molecule has 7 heteroatoms. The van der Waals surface area contributed by atoms with Crippen LogP contribution < -0.4 is 10.2 Å². The largest absolute Gasteiger partial charge is 0.494 e. The predicted molar refractivity (Wildman–Crippen MR) is 95.0 cm³/mol. The zero-order chi connectivity index (χ0) is 18.2. The number of benzene rings is 2. The van der Waals surface area contributed by atoms with Crippen LogP contribution >= 0.6 is 11.8 Å². The molecule has 0 aliphatic rings. The number of methoxy groups -OCH3 is 1. The van der Waals surface area contributed by atoms with Crippen molar-refractivity contribution in [2.24, 2.45) is 5.10 Å². The van der Waals surface area contributed by atoms with Gasteiger partial charge < -0.3 is 4.74 Å². The molecule has 132 valence electrons. The molecule has 2 rings (SSSR count). The summed E-state index contributed by atoms with van der Waals surface area (Å²) >= 11 is 1.45. The number of amides is 1. The molecule has 0 aromatic heterocycles. The second kappa shape index (κ2) is 9.17. The Morgan fingerprint density at radius 1 is 1.20 bits per heavy atom. The molecule has 0 aliphatic carbocycles. The SMILES string of the molecule is COc1ccc(/C(C)=N\NC(=O)CCSc2ccc(F)cc2)cc1F. The lowest BCUT2D eigenvalue weighted by atomic mass is 10.1. The highest BCUT2D eigenvalue weighted by atomic mass is 32.2. The lowest BCUT2D eigenvalue weighted by Gasteiger charge is -2.06. The van der Waals surface area contributed by atoms with Crippen LogP contribution in [0.3, 0.4) is 0 Å². The summed E-state index contributed by atoms with van der Waals surface area (Å²) in [5, 5.41) is 3.98. The van der Waals surface area contributed by atoms with E-state index in [-0.39, 0.29) is 23.9 Å². The summed E-state index contributed by atoms with van der Waals surface area (Å²) in [5.74, 6) is -0.330. The fourth-order valence-corrected chi connectivity index (χ4v) is 2.80. The molecule has 0 fully saturated rings. The molecule has 0 atom stereocenters. The van der Waals surface area contributed by atoms with Crippen molar-refractivity contribution < 1.29 is 18.3 Å². The van der Waals surface area contributed by atoms with Gasteiger partial charge in [-0.3, -0.25) is 4.79 Å². The Labute approximate surface area is 149 Å². The average molecular weight is 364 g/mol. The standard InChI is InChI=1S/C18H18F2N2O2S/c1-12(13-3-8-17(24-2)16(20)11-13)21-22-18(23)9-10-25-15-6-4-14(19)5-7-15/h3-8,11H,9-10H2,1-2H3,(H,22,23)/b21-12-. The first-order valence-corrected chi connectivity index (χ1v) is 8.53. The van der Waals surface area contributed by atoms with Crippen LogP contribution in [0.25, 0.3) is 0 Å². The van der Waals surface area contributed by atoms with E-state index in [1.54, 1.807) is 25.1 Å². The number of rotatable bonds is 7. The first kappa shape index (κ1) is 18.9. The molecular weight excluding hydrogens is 346 g/mol. The maximum Gasteiger partial charge on any atom is 0.240 e. The number of nitrogens with zero attached hydrogens (tertiary/aromatic N) is 1. The number of carbonyl (C=O) groups excluding carboxylic acids is 1. The molecule has 2 aromatic carbocycles. The Morgan fingerprint density at radius 2 is 1.92 bits per heavy atom. The van der Waals surface area contributed by atoms with Crippen molar-refractivity contribution in [2.75, 3.05) is 12.9 Å². The van der Waals surface area contributed by atoms with Crippen molar-refractivity contribution in [2.45, 2.75) is 18.2 Å². The molecule has 1 amide bonds. The molecule has 0 saturated heterocycles. The molecule has 0 heterocycles. The molecule has 0 bridgehead atoms. The zero-order valence-corrected chi connectivity index (χ0v) is 14.7. The number of hydrazone groups is 1. The summed E-state index contributed by atoms with van der Waals surface area (Å²) in [6.07, 6.45) is 0.260. The Balaban J connectivity index is 1.82. The lowest BCUT2D eigenvalue weighted by molar-refractivity contribution is -0.120. The summed E-state index contributed by atoms with van der Waals surface area (Å²) in [6, 6.07) is 10.6. The first-order chi connectivity index (χ1) is 12.0. The average Bonchev–Trinajstić information content (AvgIpc) is 2.61. The maximum atomic E-state index is 13.7. The van der Waals surface area contributed by atoms with Gasteiger partial charge in [-0.15, -0.1) is 11.8 Å². The number of carbonyl (C=O) groups is 1. The van der Waals surface area contributed by atoms with Gasteiger partial charge in [-0.2, -0.15) is 5.10 Å². The minimum Gasteiger partial charge on any atom is -0.494 e. The smallest absolute Gasteiger partial charge is 0.240 e. The molecule has 0 aliphatic heterocycles. The highest BCUT2D eigenvalue weighted by molar-refractivity contribution is 7.99. The Morgan fingerprint density at radius 3 is 2.56 bits per heavy atom. The molecule has 0 radical (unpaired) electrons. The second-order valence-corrected chi connectivity index (χ2v) is 6.30. The fourth-order valence-electron chi connectivity index (χ4n) is 1.95. The quantitative estimate of drug-likeness (QED) is 0.459. The zero-order valence-electron chi connectivity index (χ0n) is 13.9. The third kappa shape index (κ3) is 5.86. The van der Waals surface area contributed by atoms with E-state index < -0.39 is 5.82 Å². The van der Waals surface area contributed by atoms with Crippen LogP contribution in [0.5, 0.6) is 5.75 Å². The van der Waals surface area contributed by atoms with Gasteiger partial charge in [0.1, 0.15) is 5.82 Å². The summed E-state index contributed by atoms with van der Waals surface area (Å²) in [5.41, 5.74) is 3.49. The predicted octanol–water partition coefficient (Wildman–Crippen LogP) is 4.00. The molecule has 25 heavy (non-hydrogen) atoms. The van der Waals surface area contributed by atoms with E-state index in [1.807, 2.05) is 0 Å². The number of halogens is 2. The van der Waals surface area contributed by atoms with Crippen molar-refractivity contribution in [1.82, 2.24) is 5.43 Å². The third-order valence-electron chi connectivity index (χ3n) is 3.33. The highest BCUT2D eigenvalue weighted by Gasteiger charge is 2.06. The monoisotopic (exact) mass is 364 g/mol. The normalized spacial score (nSPS) is 11.3. The lowest BCUT2D eigenvalue weighted by Crippen LogP contribution is -2.19. The molecule has 2 aromatic rings. The Kier molecular flexibility index (Phi) is 6.94. The summed E-state index contributed by atoms with van der Waals surface area (Å²) in [4.78, 5) is 12.7. The van der Waals surface area contributed by atoms with Crippen LogP contribution in [0.1, 0.15) is 18.9 Å². The molecule has 0 saturated carbocycles. The van der Waals surface area contributed by atoms with Crippen LogP contribution in [0.4, 0.5) is 8.78 Å². The first-order valence-electron chi connectivity index (χ1n) is 7.55. The van der Waals surface area contributed by atoms with Crippen LogP contribution in [0.15, 0.2) is 52.5 Å². The maximum absolute atomic E-state index is 13.7. The van der Waals surface area contributed by atoms with E-state index in [1.165, 1.54) is 43.1 Å². The van der Waals surface area contributed by atoms with Crippen molar-refractivity contribution in [3.05, 3.63) is 59.7 Å². The molecular formula is C18H18F2N2O2S. The fraction of sp³-hybridized carbons (Fsp3) is 0.222. The minimum absolute atomic E-state index is 0.151. The van der Waals surface area contributed by atoms with E-state index in [2.05, 4.69) is 10.5 Å². The van der Waals surface area contributed by atoms with Gasteiger partial charge in [-0.05, 0) is 49.4 Å². The van der Waals surface area contributed by atoms with E-state index in [0.29, 0.717) is 17.0 Å². The minimum atomic E-state index is -0.489. The molecule has 0 unspecified atom stereocenters. The van der Waals surface area contributed by atoms with E-state index in [9.17, 15) is 13.6 Å². The summed E-state index contributed by atoms with van der Waals surface area (Å²) in [6.45, 7) is 1.68. The van der Waals surface area contributed by atoms with Crippen molar-refractivity contribution >= 4 is 23.4 Å². The number of hydrogen-bond acceptors (Lipinski definition) is 4. The van der Waals surface area contributed by atoms with Crippen molar-refractivity contribution in [3.8, 4) is 5.75 Å². The van der Waals surface area contributed by atoms with Gasteiger partial charge in [0.25, 0.3) is 0 Å². The van der Waals surface area contributed by atoms with Gasteiger partial charge in [-0.25, -0.2) is 14.2 Å². The van der Waals surface area contributed by atoms with Gasteiger partial charge in [-0.1, -0.05) is 0 Å². The Hall–Kier alpha value is -2.41. The van der Waals surface area contributed by atoms with Crippen LogP contribution in [0.2, 0.25) is 0 Å². The molecule has 4 nitrogen and oxygen atoms in total. The van der Waals surface area contributed by atoms with E-state index in [0.717, 1.165) is 4.90 Å². The highest BCUT2D eigenvalue weighted by Crippen LogP contribution is 2.19. The number of hydrogen-bond donors (Lipinski definition) is 1. The number of thioether (sulfide) groups is 1. The van der Waals surface area contributed by atoms with Gasteiger partial charge in [0, 0.05) is 22.6 Å². The molecule has 1 N–H and O–H groups in total. The third-order valence-corrected chi connectivity index (χ3v) is 4.34. The topological polar surface area (TPSA) is 50.7 Å². The number of ether oxygens (including phenoxy) is 1. The molecule has 0 spiro atoms. The van der Waals surface area contributed by atoms with Crippen molar-refractivity contribution in [1.29, 1.82) is 0 Å². The van der Waals surface area contributed by atoms with Gasteiger partial charge in [0.05, 0.1) is 12.8 Å². The van der Waals surface area contributed by atoms with E-state index >= 15 is 0 Å². The Bertz CT molecular complexity index is 764.